The number of cyclic esters (lactones) is 1. The van der Waals surface area contributed by atoms with Crippen LogP contribution in [0.5, 0.6) is 0 Å². The molecule has 0 bridgehead atoms. The Kier molecular flexibility index (Phi) is 7.60. The van der Waals surface area contributed by atoms with Crippen molar-refractivity contribution in [3.63, 3.8) is 0 Å². The first-order valence-corrected chi connectivity index (χ1v) is 13.3. The predicted molar refractivity (Wildman–Crippen MR) is 131 cm³/mol. The van der Waals surface area contributed by atoms with Crippen LogP contribution in [-0.2, 0) is 35.6 Å². The monoisotopic (exact) mass is 528 g/mol. The smallest absolute Gasteiger partial charge is 0.417 e. The van der Waals surface area contributed by atoms with E-state index in [4.69, 9.17) is 10.5 Å². The SMILES string of the molecule is Cc1ccc(S(=O)(=O)N2CCC[C@H]2C(=O)N2C(=O)OC[C@H]2C(=O)N[C@@H](Cc2ccccc2)C(N)=O)cc1. The molecule has 3 atom stereocenters. The summed E-state index contributed by atoms with van der Waals surface area (Å²) in [6.07, 6.45) is -0.353. The van der Waals surface area contributed by atoms with Crippen molar-refractivity contribution in [2.75, 3.05) is 13.2 Å². The fraction of sp³-hybridized carbons (Fsp3) is 0.360. The highest BCUT2D eigenvalue weighted by Gasteiger charge is 2.49. The molecule has 0 spiro atoms. The molecule has 4 amide bonds. The van der Waals surface area contributed by atoms with Gasteiger partial charge in [-0.25, -0.2) is 18.1 Å². The van der Waals surface area contributed by atoms with Crippen LogP contribution in [-0.4, -0.2) is 72.7 Å². The number of aryl methyl sites for hydroxylation is 1. The number of hydrogen-bond donors (Lipinski definition) is 2. The van der Waals surface area contributed by atoms with Crippen LogP contribution in [0.3, 0.4) is 0 Å². The first-order valence-electron chi connectivity index (χ1n) is 11.8. The fourth-order valence-corrected chi connectivity index (χ4v) is 6.13. The quantitative estimate of drug-likeness (QED) is 0.511. The lowest BCUT2D eigenvalue weighted by molar-refractivity contribution is -0.138. The normalized spacial score (nSPS) is 20.9. The van der Waals surface area contributed by atoms with Crippen LogP contribution in [0.1, 0.15) is 24.0 Å². The minimum Gasteiger partial charge on any atom is -0.446 e. The van der Waals surface area contributed by atoms with Gasteiger partial charge in [-0.05, 0) is 37.5 Å². The van der Waals surface area contributed by atoms with Gasteiger partial charge in [-0.1, -0.05) is 48.0 Å². The van der Waals surface area contributed by atoms with Gasteiger partial charge in [0.25, 0.3) is 5.91 Å². The molecule has 37 heavy (non-hydrogen) atoms. The second kappa shape index (κ2) is 10.7. The van der Waals surface area contributed by atoms with E-state index in [1.807, 2.05) is 6.92 Å². The van der Waals surface area contributed by atoms with Crippen LogP contribution in [0, 0.1) is 6.92 Å². The van der Waals surface area contributed by atoms with Crippen molar-refractivity contribution >= 4 is 33.8 Å². The van der Waals surface area contributed by atoms with Crippen LogP contribution in [0.25, 0.3) is 0 Å². The molecule has 0 aromatic heterocycles. The van der Waals surface area contributed by atoms with Gasteiger partial charge < -0.3 is 15.8 Å². The molecule has 3 N–H and O–H groups in total. The molecule has 196 valence electrons. The van der Waals surface area contributed by atoms with E-state index >= 15 is 0 Å². The molecule has 2 aliphatic rings. The number of primary amides is 1. The Bertz CT molecular complexity index is 1300. The lowest BCUT2D eigenvalue weighted by Crippen LogP contribution is -2.57. The lowest BCUT2D eigenvalue weighted by atomic mass is 10.0. The molecule has 0 unspecified atom stereocenters. The first kappa shape index (κ1) is 26.3. The molecule has 4 rings (SSSR count). The Morgan fingerprint density at radius 3 is 2.41 bits per heavy atom. The summed E-state index contributed by atoms with van der Waals surface area (Å²) >= 11 is 0. The van der Waals surface area contributed by atoms with E-state index in [1.165, 1.54) is 12.1 Å². The number of ether oxygens (including phenoxy) is 1. The molecule has 2 heterocycles. The van der Waals surface area contributed by atoms with Crippen LogP contribution in [0.4, 0.5) is 4.79 Å². The summed E-state index contributed by atoms with van der Waals surface area (Å²) in [7, 11) is -4.03. The van der Waals surface area contributed by atoms with Gasteiger partial charge in [0.05, 0.1) is 4.90 Å². The van der Waals surface area contributed by atoms with E-state index in [2.05, 4.69) is 5.32 Å². The number of nitrogens with zero attached hydrogens (tertiary/aromatic N) is 2. The summed E-state index contributed by atoms with van der Waals surface area (Å²) in [5.74, 6) is -2.44. The Morgan fingerprint density at radius 2 is 1.76 bits per heavy atom. The minimum absolute atomic E-state index is 0.0290. The topological polar surface area (TPSA) is 156 Å². The number of hydrogen-bond acceptors (Lipinski definition) is 7. The molecule has 2 saturated heterocycles. The van der Waals surface area contributed by atoms with Crippen molar-refractivity contribution < 1.29 is 32.3 Å². The highest BCUT2D eigenvalue weighted by Crippen LogP contribution is 2.29. The van der Waals surface area contributed by atoms with Crippen molar-refractivity contribution in [2.45, 2.75) is 49.2 Å². The third-order valence-electron chi connectivity index (χ3n) is 6.47. The molecule has 2 fully saturated rings. The zero-order chi connectivity index (χ0) is 26.7. The second-order valence-electron chi connectivity index (χ2n) is 9.04. The highest BCUT2D eigenvalue weighted by molar-refractivity contribution is 7.89. The number of nitrogens with two attached hydrogens (primary N) is 1. The number of nitrogens with one attached hydrogen (secondary N) is 1. The molecule has 0 aliphatic carbocycles. The number of benzene rings is 2. The molecule has 0 radical (unpaired) electrons. The first-order chi connectivity index (χ1) is 17.6. The average Bonchev–Trinajstić information content (AvgIpc) is 3.52. The van der Waals surface area contributed by atoms with Gasteiger partial charge in [-0.2, -0.15) is 4.31 Å². The van der Waals surface area contributed by atoms with Gasteiger partial charge >= 0.3 is 6.09 Å². The molecule has 11 nitrogen and oxygen atoms in total. The largest absolute Gasteiger partial charge is 0.446 e. The van der Waals surface area contributed by atoms with Crippen LogP contribution in [0.2, 0.25) is 0 Å². The van der Waals surface area contributed by atoms with Gasteiger partial charge in [0.2, 0.25) is 21.8 Å². The number of carbonyl (C=O) groups excluding carboxylic acids is 4. The van der Waals surface area contributed by atoms with Gasteiger partial charge in [0.1, 0.15) is 18.7 Å². The van der Waals surface area contributed by atoms with Crippen LogP contribution >= 0.6 is 0 Å². The van der Waals surface area contributed by atoms with Crippen LogP contribution in [0.15, 0.2) is 59.5 Å². The summed E-state index contributed by atoms with van der Waals surface area (Å²) in [5, 5.41) is 2.50. The maximum absolute atomic E-state index is 13.5. The van der Waals surface area contributed by atoms with E-state index in [1.54, 1.807) is 42.5 Å². The third-order valence-corrected chi connectivity index (χ3v) is 8.39. The van der Waals surface area contributed by atoms with Gasteiger partial charge in [0.15, 0.2) is 6.04 Å². The molecular formula is C25H28N4O7S. The van der Waals surface area contributed by atoms with Crippen molar-refractivity contribution in [3.05, 3.63) is 65.7 Å². The molecule has 12 heteroatoms. The number of imide groups is 1. The predicted octanol–water partition coefficient (Wildman–Crippen LogP) is 0.708. The Balaban J connectivity index is 1.52. The number of sulfonamides is 1. The average molecular weight is 529 g/mol. The van der Waals surface area contributed by atoms with Crippen LogP contribution < -0.4 is 11.1 Å². The minimum atomic E-state index is -4.03. The fourth-order valence-electron chi connectivity index (χ4n) is 4.48. The summed E-state index contributed by atoms with van der Waals surface area (Å²) in [5.41, 5.74) is 7.11. The highest BCUT2D eigenvalue weighted by atomic mass is 32.2. The Morgan fingerprint density at radius 1 is 1.08 bits per heavy atom. The lowest BCUT2D eigenvalue weighted by Gasteiger charge is -2.28. The standard InChI is InChI=1S/C25H28N4O7S/c1-16-9-11-18(12-10-16)37(34,35)28-13-5-8-20(28)24(32)29-21(15-36-25(29)33)23(31)27-19(22(26)30)14-17-6-3-2-4-7-17/h2-4,6-7,9-12,19-21H,5,8,13-15H2,1H3,(H2,26,30)(H,27,31)/t19-,20-,21-/m0/s1. The second-order valence-corrected chi connectivity index (χ2v) is 10.9. The Labute approximate surface area is 214 Å². The molecule has 2 aliphatic heterocycles. The van der Waals surface area contributed by atoms with Crippen molar-refractivity contribution in [1.82, 2.24) is 14.5 Å². The third kappa shape index (κ3) is 5.49. The van der Waals surface area contributed by atoms with E-state index in [0.717, 1.165) is 15.4 Å². The summed E-state index contributed by atoms with van der Waals surface area (Å²) in [6, 6.07) is 11.5. The summed E-state index contributed by atoms with van der Waals surface area (Å²) in [6.45, 7) is 1.49. The molecule has 2 aromatic carbocycles. The summed E-state index contributed by atoms with van der Waals surface area (Å²) in [4.78, 5) is 51.7. The number of carbonyl (C=O) groups is 4. The van der Waals surface area contributed by atoms with Crippen molar-refractivity contribution in [2.24, 2.45) is 5.73 Å². The van der Waals surface area contributed by atoms with E-state index in [9.17, 15) is 27.6 Å². The summed E-state index contributed by atoms with van der Waals surface area (Å²) < 4.78 is 32.6. The zero-order valence-corrected chi connectivity index (χ0v) is 21.0. The number of amides is 4. The van der Waals surface area contributed by atoms with E-state index < -0.39 is 58.6 Å². The van der Waals surface area contributed by atoms with Gasteiger partial charge in [0, 0.05) is 13.0 Å². The molecular weight excluding hydrogens is 500 g/mol. The Hall–Kier alpha value is -3.77. The van der Waals surface area contributed by atoms with Crippen molar-refractivity contribution in [1.29, 1.82) is 0 Å². The van der Waals surface area contributed by atoms with E-state index in [-0.39, 0.29) is 24.3 Å². The number of rotatable bonds is 8. The zero-order valence-electron chi connectivity index (χ0n) is 20.2. The molecule has 2 aromatic rings. The van der Waals surface area contributed by atoms with Crippen molar-refractivity contribution in [3.8, 4) is 0 Å². The molecule has 0 saturated carbocycles. The van der Waals surface area contributed by atoms with Gasteiger partial charge in [-0.15, -0.1) is 0 Å². The maximum Gasteiger partial charge on any atom is 0.417 e. The maximum atomic E-state index is 13.5. The van der Waals surface area contributed by atoms with E-state index in [0.29, 0.717) is 11.3 Å². The van der Waals surface area contributed by atoms with Gasteiger partial charge in [-0.3, -0.25) is 14.4 Å².